The third-order valence-electron chi connectivity index (χ3n) is 2.65. The number of anilines is 1. The molecule has 1 aromatic heterocycles. The second kappa shape index (κ2) is 4.55. The van der Waals surface area contributed by atoms with E-state index in [1.807, 2.05) is 13.0 Å². The number of halogens is 1. The van der Waals surface area contributed by atoms with Gasteiger partial charge in [-0.2, -0.15) is 0 Å². The summed E-state index contributed by atoms with van der Waals surface area (Å²) in [4.78, 5) is 25.8. The maximum Gasteiger partial charge on any atom is 0.235 e. The number of hydrogen-bond acceptors (Lipinski definition) is 4. The highest BCUT2D eigenvalue weighted by Crippen LogP contribution is 2.34. The zero-order chi connectivity index (χ0) is 12.6. The summed E-state index contributed by atoms with van der Waals surface area (Å²) in [5.74, 6) is -0.349. The number of rotatable bonds is 3. The topological polar surface area (TPSA) is 85.1 Å². The number of aromatic nitrogens is 1. The Bertz CT molecular complexity index is 492. The molecule has 0 radical (unpaired) electrons. The van der Waals surface area contributed by atoms with E-state index >= 15 is 0 Å². The molecule has 2 atom stereocenters. The number of pyridine rings is 1. The van der Waals surface area contributed by atoms with Crippen LogP contribution in [-0.4, -0.2) is 21.9 Å². The molecule has 1 saturated carbocycles. The number of nitrogens with zero attached hydrogens (tertiary/aromatic N) is 2. The maximum atomic E-state index is 11.7. The summed E-state index contributed by atoms with van der Waals surface area (Å²) in [5.41, 5.74) is 0.851. The predicted octanol–water partition coefficient (Wildman–Crippen LogP) is 1.60. The van der Waals surface area contributed by atoms with Crippen LogP contribution in [0.3, 0.4) is 0 Å². The molecule has 6 nitrogen and oxygen atoms in total. The Kier molecular flexibility index (Phi) is 3.27. The van der Waals surface area contributed by atoms with Gasteiger partial charge in [0, 0.05) is 21.1 Å². The van der Waals surface area contributed by atoms with Crippen molar-refractivity contribution in [2.75, 3.05) is 5.32 Å². The lowest BCUT2D eigenvalue weighted by molar-refractivity contribution is -0.497. The van der Waals surface area contributed by atoms with Crippen LogP contribution in [-0.2, 0) is 4.79 Å². The molecule has 0 aliphatic heterocycles. The van der Waals surface area contributed by atoms with Crippen molar-refractivity contribution < 1.29 is 9.72 Å². The smallest absolute Gasteiger partial charge is 0.235 e. The average molecular weight is 347 g/mol. The van der Waals surface area contributed by atoms with E-state index in [9.17, 15) is 14.9 Å². The van der Waals surface area contributed by atoms with Gasteiger partial charge in [0.15, 0.2) is 0 Å². The Hall–Kier alpha value is -1.25. The molecule has 1 aliphatic rings. The van der Waals surface area contributed by atoms with Crippen molar-refractivity contribution in [3.63, 3.8) is 0 Å². The van der Waals surface area contributed by atoms with Crippen LogP contribution in [0, 0.1) is 26.5 Å². The van der Waals surface area contributed by atoms with E-state index in [0.29, 0.717) is 12.2 Å². The zero-order valence-electron chi connectivity index (χ0n) is 9.01. The largest absolute Gasteiger partial charge is 0.310 e. The average Bonchev–Trinajstić information content (AvgIpc) is 3.01. The van der Waals surface area contributed by atoms with Crippen molar-refractivity contribution in [1.82, 2.24) is 4.98 Å². The van der Waals surface area contributed by atoms with Gasteiger partial charge in [0.1, 0.15) is 11.7 Å². The number of nitro groups is 1. The highest BCUT2D eigenvalue weighted by atomic mass is 127. The van der Waals surface area contributed by atoms with Gasteiger partial charge in [-0.05, 0) is 41.1 Å². The minimum Gasteiger partial charge on any atom is -0.310 e. The van der Waals surface area contributed by atoms with Gasteiger partial charge >= 0.3 is 0 Å². The van der Waals surface area contributed by atoms with Crippen molar-refractivity contribution in [1.29, 1.82) is 0 Å². The number of hydrogen-bond donors (Lipinski definition) is 1. The number of amides is 1. The monoisotopic (exact) mass is 347 g/mol. The predicted molar refractivity (Wildman–Crippen MR) is 69.2 cm³/mol. The summed E-state index contributed by atoms with van der Waals surface area (Å²) in [6.45, 7) is 1.84. The fourth-order valence-corrected chi connectivity index (χ4v) is 2.18. The standard InChI is InChI=1S/C10H10IN3O3/c1-5-2-6(11)4-12-9(5)13-10(15)7-3-8(7)14(16)17/h2,4,7-8H,3H2,1H3,(H,12,13,15)/t7-,8-/m1/s1. The van der Waals surface area contributed by atoms with Gasteiger partial charge in [0.25, 0.3) is 0 Å². The molecule has 1 aliphatic carbocycles. The van der Waals surface area contributed by atoms with Gasteiger partial charge in [-0.3, -0.25) is 14.9 Å². The summed E-state index contributed by atoms with van der Waals surface area (Å²) >= 11 is 2.13. The highest BCUT2D eigenvalue weighted by molar-refractivity contribution is 14.1. The number of carbonyl (C=O) groups excluding carboxylic acids is 1. The molecule has 1 aromatic rings. The van der Waals surface area contributed by atoms with Gasteiger partial charge in [0.2, 0.25) is 11.9 Å². The first-order valence-corrected chi connectivity index (χ1v) is 6.13. The molecule has 1 amide bonds. The van der Waals surface area contributed by atoms with Crippen molar-refractivity contribution >= 4 is 34.3 Å². The van der Waals surface area contributed by atoms with Crippen LogP contribution < -0.4 is 5.32 Å². The molecule has 0 unspecified atom stereocenters. The van der Waals surface area contributed by atoms with Gasteiger partial charge < -0.3 is 5.32 Å². The van der Waals surface area contributed by atoms with E-state index in [0.717, 1.165) is 9.13 Å². The number of carbonyl (C=O) groups is 1. The first-order valence-electron chi connectivity index (χ1n) is 5.05. The van der Waals surface area contributed by atoms with Gasteiger partial charge in [-0.25, -0.2) is 4.98 Å². The third kappa shape index (κ3) is 2.71. The molecule has 7 heteroatoms. The Morgan fingerprint density at radius 2 is 2.41 bits per heavy atom. The lowest BCUT2D eigenvalue weighted by atomic mass is 10.3. The third-order valence-corrected chi connectivity index (χ3v) is 3.24. The minimum absolute atomic E-state index is 0.316. The molecule has 0 spiro atoms. The van der Waals surface area contributed by atoms with Gasteiger partial charge in [-0.15, -0.1) is 0 Å². The molecule has 17 heavy (non-hydrogen) atoms. The molecular formula is C10H10IN3O3. The summed E-state index contributed by atoms with van der Waals surface area (Å²) in [5, 5.41) is 13.1. The minimum atomic E-state index is -0.723. The van der Waals surface area contributed by atoms with Crippen LogP contribution in [0.15, 0.2) is 12.3 Å². The van der Waals surface area contributed by atoms with Crippen molar-refractivity contribution in [3.05, 3.63) is 31.5 Å². The van der Waals surface area contributed by atoms with E-state index in [-0.39, 0.29) is 5.91 Å². The fourth-order valence-electron chi connectivity index (χ4n) is 1.58. The van der Waals surface area contributed by atoms with Gasteiger partial charge in [-0.1, -0.05) is 0 Å². The SMILES string of the molecule is Cc1cc(I)cnc1NC(=O)[C@@H]1C[C@H]1[N+](=O)[O-]. The summed E-state index contributed by atoms with van der Waals surface area (Å²) in [6, 6.07) is 1.17. The number of aryl methyl sites for hydroxylation is 1. The molecule has 2 rings (SSSR count). The molecule has 0 bridgehead atoms. The molecular weight excluding hydrogens is 337 g/mol. The van der Waals surface area contributed by atoms with Crippen molar-refractivity contribution in [2.24, 2.45) is 5.92 Å². The first-order chi connectivity index (χ1) is 7.99. The van der Waals surface area contributed by atoms with Crippen LogP contribution in [0.1, 0.15) is 12.0 Å². The zero-order valence-corrected chi connectivity index (χ0v) is 11.2. The van der Waals surface area contributed by atoms with Crippen LogP contribution in [0.5, 0.6) is 0 Å². The Morgan fingerprint density at radius 1 is 1.71 bits per heavy atom. The molecule has 0 aromatic carbocycles. The molecule has 1 fully saturated rings. The summed E-state index contributed by atoms with van der Waals surface area (Å²) < 4.78 is 0.979. The van der Waals surface area contributed by atoms with Crippen molar-refractivity contribution in [2.45, 2.75) is 19.4 Å². The fraction of sp³-hybridized carbons (Fsp3) is 0.400. The Labute approximate surface area is 111 Å². The summed E-state index contributed by atoms with van der Waals surface area (Å²) in [7, 11) is 0. The quantitative estimate of drug-likeness (QED) is 0.511. The molecule has 90 valence electrons. The van der Waals surface area contributed by atoms with Crippen LogP contribution in [0.2, 0.25) is 0 Å². The normalized spacial score (nSPS) is 22.0. The van der Waals surface area contributed by atoms with Crippen LogP contribution in [0.4, 0.5) is 5.82 Å². The lowest BCUT2D eigenvalue weighted by Gasteiger charge is -2.06. The van der Waals surface area contributed by atoms with Crippen LogP contribution >= 0.6 is 22.6 Å². The number of nitrogens with one attached hydrogen (secondary N) is 1. The van der Waals surface area contributed by atoms with E-state index in [4.69, 9.17) is 0 Å². The molecule has 1 N–H and O–H groups in total. The second-order valence-electron chi connectivity index (χ2n) is 4.00. The maximum absolute atomic E-state index is 11.7. The molecule has 0 saturated heterocycles. The second-order valence-corrected chi connectivity index (χ2v) is 5.25. The Morgan fingerprint density at radius 3 is 2.94 bits per heavy atom. The summed E-state index contributed by atoms with van der Waals surface area (Å²) in [6.07, 6.45) is 1.96. The van der Waals surface area contributed by atoms with E-state index in [2.05, 4.69) is 32.9 Å². The van der Waals surface area contributed by atoms with Crippen molar-refractivity contribution in [3.8, 4) is 0 Å². The Balaban J connectivity index is 2.02. The van der Waals surface area contributed by atoms with E-state index in [1.165, 1.54) is 0 Å². The highest BCUT2D eigenvalue weighted by Gasteiger charge is 2.53. The van der Waals surface area contributed by atoms with Crippen LogP contribution in [0.25, 0.3) is 0 Å². The van der Waals surface area contributed by atoms with Gasteiger partial charge in [0.05, 0.1) is 0 Å². The first kappa shape index (κ1) is 12.2. The van der Waals surface area contributed by atoms with E-state index in [1.54, 1.807) is 6.20 Å². The molecule has 1 heterocycles. The van der Waals surface area contributed by atoms with E-state index < -0.39 is 16.9 Å². The lowest BCUT2D eigenvalue weighted by Crippen LogP contribution is -2.19.